The highest BCUT2D eigenvalue weighted by molar-refractivity contribution is 5.48. The predicted octanol–water partition coefficient (Wildman–Crippen LogP) is 3.54. The molecule has 0 aromatic heterocycles. The van der Waals surface area contributed by atoms with Crippen LogP contribution in [0.15, 0.2) is 41.6 Å². The lowest BCUT2D eigenvalue weighted by atomic mass is 9.90. The highest BCUT2D eigenvalue weighted by Gasteiger charge is 2.38. The van der Waals surface area contributed by atoms with Gasteiger partial charge in [-0.05, 0) is 30.1 Å². The van der Waals surface area contributed by atoms with Gasteiger partial charge in [-0.2, -0.15) is 0 Å². The lowest BCUT2D eigenvalue weighted by molar-refractivity contribution is -0.171. The normalized spacial score (nSPS) is 21.9. The smallest absolute Gasteiger partial charge is 0.169 e. The van der Waals surface area contributed by atoms with Crippen molar-refractivity contribution in [2.24, 2.45) is 0 Å². The number of hydrogen-bond acceptors (Lipinski definition) is 2. The van der Waals surface area contributed by atoms with E-state index in [9.17, 15) is 0 Å². The SMILES string of the molecule is C(=Cc1ccccc1)=C1CCC2(CC1)OCCO2. The molecule has 0 radical (unpaired) electrons. The number of hydrogen-bond donors (Lipinski definition) is 0. The molecule has 1 spiro atoms. The van der Waals surface area contributed by atoms with Gasteiger partial charge in [0, 0.05) is 12.8 Å². The Morgan fingerprint density at radius 3 is 2.33 bits per heavy atom. The molecule has 1 aromatic carbocycles. The topological polar surface area (TPSA) is 18.5 Å². The summed E-state index contributed by atoms with van der Waals surface area (Å²) in [6.45, 7) is 1.50. The minimum atomic E-state index is -0.266. The van der Waals surface area contributed by atoms with E-state index in [-0.39, 0.29) is 5.79 Å². The Kier molecular flexibility index (Phi) is 3.33. The first-order valence-electron chi connectivity index (χ1n) is 6.64. The molecule has 2 aliphatic rings. The molecule has 1 aliphatic heterocycles. The van der Waals surface area contributed by atoms with Crippen molar-refractivity contribution in [2.45, 2.75) is 31.5 Å². The Hall–Kier alpha value is -1.34. The summed E-state index contributed by atoms with van der Waals surface area (Å²) in [6.07, 6.45) is 6.08. The first kappa shape index (κ1) is 11.7. The van der Waals surface area contributed by atoms with Gasteiger partial charge in [0.15, 0.2) is 5.79 Å². The molecule has 1 heterocycles. The molecule has 0 bridgehead atoms. The molecule has 0 unspecified atom stereocenters. The van der Waals surface area contributed by atoms with Crippen LogP contribution in [0.25, 0.3) is 6.08 Å². The predicted molar refractivity (Wildman–Crippen MR) is 71.0 cm³/mol. The molecule has 1 saturated heterocycles. The summed E-state index contributed by atoms with van der Waals surface area (Å²) in [6, 6.07) is 10.3. The largest absolute Gasteiger partial charge is 0.348 e. The van der Waals surface area contributed by atoms with Gasteiger partial charge in [0.05, 0.1) is 13.2 Å². The Labute approximate surface area is 108 Å². The minimum absolute atomic E-state index is 0.266. The Morgan fingerprint density at radius 2 is 1.67 bits per heavy atom. The van der Waals surface area contributed by atoms with Crippen molar-refractivity contribution in [2.75, 3.05) is 13.2 Å². The number of rotatable bonds is 1. The van der Waals surface area contributed by atoms with Crippen molar-refractivity contribution in [1.82, 2.24) is 0 Å². The first-order chi connectivity index (χ1) is 8.86. The summed E-state index contributed by atoms with van der Waals surface area (Å²) >= 11 is 0. The maximum atomic E-state index is 5.72. The zero-order valence-electron chi connectivity index (χ0n) is 10.5. The van der Waals surface area contributed by atoms with Crippen LogP contribution < -0.4 is 0 Å². The molecule has 18 heavy (non-hydrogen) atoms. The van der Waals surface area contributed by atoms with Gasteiger partial charge in [-0.1, -0.05) is 30.3 Å². The van der Waals surface area contributed by atoms with Crippen LogP contribution in [0.5, 0.6) is 0 Å². The quantitative estimate of drug-likeness (QED) is 0.701. The molecular formula is C16H18O2. The Balaban J connectivity index is 1.67. The highest BCUT2D eigenvalue weighted by atomic mass is 16.7. The van der Waals surface area contributed by atoms with Crippen LogP contribution in [0.1, 0.15) is 31.2 Å². The summed E-state index contributed by atoms with van der Waals surface area (Å²) < 4.78 is 11.4. The van der Waals surface area contributed by atoms with E-state index < -0.39 is 0 Å². The lowest BCUT2D eigenvalue weighted by Crippen LogP contribution is -2.32. The van der Waals surface area contributed by atoms with E-state index in [4.69, 9.17) is 9.47 Å². The van der Waals surface area contributed by atoms with E-state index in [1.807, 2.05) is 18.2 Å². The van der Waals surface area contributed by atoms with Gasteiger partial charge >= 0.3 is 0 Å². The first-order valence-corrected chi connectivity index (χ1v) is 6.64. The summed E-state index contributed by atoms with van der Waals surface area (Å²) in [4.78, 5) is 0. The van der Waals surface area contributed by atoms with Gasteiger partial charge in [0.25, 0.3) is 0 Å². The molecule has 2 fully saturated rings. The van der Waals surface area contributed by atoms with Crippen molar-refractivity contribution in [3.63, 3.8) is 0 Å². The lowest BCUT2D eigenvalue weighted by Gasteiger charge is -2.31. The van der Waals surface area contributed by atoms with E-state index >= 15 is 0 Å². The summed E-state index contributed by atoms with van der Waals surface area (Å²) in [5.41, 5.74) is 6.01. The van der Waals surface area contributed by atoms with Crippen LogP contribution in [0.2, 0.25) is 0 Å². The van der Waals surface area contributed by atoms with Crippen LogP contribution in [0, 0.1) is 0 Å². The molecular weight excluding hydrogens is 224 g/mol. The molecule has 94 valence electrons. The van der Waals surface area contributed by atoms with E-state index in [0.717, 1.165) is 38.9 Å². The zero-order chi connectivity index (χ0) is 12.3. The summed E-state index contributed by atoms with van der Waals surface area (Å²) in [7, 11) is 0. The molecule has 3 rings (SSSR count). The molecule has 0 amide bonds. The van der Waals surface area contributed by atoms with Crippen LogP contribution in [-0.2, 0) is 9.47 Å². The fourth-order valence-corrected chi connectivity index (χ4v) is 2.60. The molecule has 1 saturated carbocycles. The molecule has 2 nitrogen and oxygen atoms in total. The van der Waals surface area contributed by atoms with E-state index in [1.54, 1.807) is 0 Å². The Morgan fingerprint density at radius 1 is 1.00 bits per heavy atom. The van der Waals surface area contributed by atoms with Crippen molar-refractivity contribution in [1.29, 1.82) is 0 Å². The van der Waals surface area contributed by atoms with Gasteiger partial charge in [0.2, 0.25) is 0 Å². The standard InChI is InChI=1S/C16H18O2/c1-2-4-14(5-3-1)6-7-15-8-10-16(11-9-15)17-12-13-18-16/h1-6H,8-13H2. The second kappa shape index (κ2) is 5.11. The third-order valence-electron chi connectivity index (χ3n) is 3.67. The van der Waals surface area contributed by atoms with Gasteiger partial charge in [-0.25, -0.2) is 0 Å². The van der Waals surface area contributed by atoms with Crippen LogP contribution in [-0.4, -0.2) is 19.0 Å². The number of ether oxygens (including phenoxy) is 2. The fourth-order valence-electron chi connectivity index (χ4n) is 2.60. The van der Waals surface area contributed by atoms with Gasteiger partial charge in [0.1, 0.15) is 0 Å². The molecule has 2 heteroatoms. The number of benzene rings is 1. The third kappa shape index (κ3) is 2.56. The maximum absolute atomic E-state index is 5.72. The fraction of sp³-hybridized carbons (Fsp3) is 0.438. The Bertz CT molecular complexity index is 451. The zero-order valence-corrected chi connectivity index (χ0v) is 10.5. The molecule has 1 aliphatic carbocycles. The summed E-state index contributed by atoms with van der Waals surface area (Å²) in [5, 5.41) is 0. The second-order valence-electron chi connectivity index (χ2n) is 4.91. The van der Waals surface area contributed by atoms with Crippen molar-refractivity contribution in [3.05, 3.63) is 47.2 Å². The maximum Gasteiger partial charge on any atom is 0.169 e. The number of allylic oxidation sites excluding steroid dienone is 1. The monoisotopic (exact) mass is 242 g/mol. The van der Waals surface area contributed by atoms with Crippen LogP contribution >= 0.6 is 0 Å². The third-order valence-corrected chi connectivity index (χ3v) is 3.67. The van der Waals surface area contributed by atoms with Gasteiger partial charge in [-0.3, -0.25) is 0 Å². The molecule has 1 aromatic rings. The minimum Gasteiger partial charge on any atom is -0.348 e. The summed E-state index contributed by atoms with van der Waals surface area (Å²) in [5.74, 6) is -0.266. The molecule has 0 atom stereocenters. The van der Waals surface area contributed by atoms with Crippen molar-refractivity contribution in [3.8, 4) is 0 Å². The average molecular weight is 242 g/mol. The second-order valence-corrected chi connectivity index (χ2v) is 4.91. The van der Waals surface area contributed by atoms with E-state index in [2.05, 4.69) is 23.9 Å². The van der Waals surface area contributed by atoms with E-state index in [1.165, 1.54) is 11.1 Å². The van der Waals surface area contributed by atoms with Crippen LogP contribution in [0.4, 0.5) is 0 Å². The molecule has 0 N–H and O–H groups in total. The highest BCUT2D eigenvalue weighted by Crippen LogP contribution is 2.37. The van der Waals surface area contributed by atoms with Crippen LogP contribution in [0.3, 0.4) is 0 Å². The van der Waals surface area contributed by atoms with Gasteiger partial charge < -0.3 is 9.47 Å². The van der Waals surface area contributed by atoms with Crippen molar-refractivity contribution >= 4 is 6.08 Å². The van der Waals surface area contributed by atoms with E-state index in [0.29, 0.717) is 0 Å². The van der Waals surface area contributed by atoms with Gasteiger partial charge in [-0.15, -0.1) is 5.73 Å². The average Bonchev–Trinajstić information content (AvgIpc) is 2.88. The van der Waals surface area contributed by atoms with Crippen molar-refractivity contribution < 1.29 is 9.47 Å².